The van der Waals surface area contributed by atoms with Gasteiger partial charge in [0.15, 0.2) is 6.10 Å². The second-order valence-corrected chi connectivity index (χ2v) is 7.63. The Balaban J connectivity index is 1.75. The van der Waals surface area contributed by atoms with E-state index in [1.165, 1.54) is 0 Å². The van der Waals surface area contributed by atoms with Crippen LogP contribution in [0.15, 0.2) is 42.5 Å². The lowest BCUT2D eigenvalue weighted by Gasteiger charge is -2.28. The molecule has 0 saturated carbocycles. The third-order valence-electron chi connectivity index (χ3n) is 5.53. The maximum Gasteiger partial charge on any atom is 0.264 e. The van der Waals surface area contributed by atoms with Gasteiger partial charge >= 0.3 is 0 Å². The highest BCUT2D eigenvalue weighted by molar-refractivity contribution is 5.92. The number of carbonyl (C=O) groups is 2. The van der Waals surface area contributed by atoms with E-state index in [0.717, 1.165) is 23.3 Å². The molecule has 1 aliphatic rings. The summed E-state index contributed by atoms with van der Waals surface area (Å²) in [5.74, 6) is 1.38. The van der Waals surface area contributed by atoms with Crippen molar-refractivity contribution in [2.75, 3.05) is 12.4 Å². The van der Waals surface area contributed by atoms with Crippen LogP contribution in [0.25, 0.3) is 0 Å². The van der Waals surface area contributed by atoms with Gasteiger partial charge < -0.3 is 19.7 Å². The SMILES string of the molecule is CC[C@@H]1Oc2ccc(NC(=O)Cc3ccc(OC)cc3)cc2CN([C@@H](C)CC)C1=O. The second-order valence-electron chi connectivity index (χ2n) is 7.63. The molecular weight excluding hydrogens is 380 g/mol. The summed E-state index contributed by atoms with van der Waals surface area (Å²) >= 11 is 0. The lowest BCUT2D eigenvalue weighted by Crippen LogP contribution is -2.43. The molecule has 6 heteroatoms. The molecule has 0 spiro atoms. The van der Waals surface area contributed by atoms with Crippen molar-refractivity contribution in [3.8, 4) is 11.5 Å². The molecule has 0 bridgehead atoms. The first kappa shape index (κ1) is 21.7. The van der Waals surface area contributed by atoms with Gasteiger partial charge in [0.25, 0.3) is 5.91 Å². The number of hydrogen-bond acceptors (Lipinski definition) is 4. The number of anilines is 1. The Morgan fingerprint density at radius 2 is 1.97 bits per heavy atom. The summed E-state index contributed by atoms with van der Waals surface area (Å²) in [6.45, 7) is 6.55. The lowest BCUT2D eigenvalue weighted by molar-refractivity contribution is -0.140. The van der Waals surface area contributed by atoms with E-state index in [2.05, 4.69) is 19.2 Å². The van der Waals surface area contributed by atoms with Crippen LogP contribution in [0.4, 0.5) is 5.69 Å². The third-order valence-corrected chi connectivity index (χ3v) is 5.53. The summed E-state index contributed by atoms with van der Waals surface area (Å²) in [6.07, 6.45) is 1.28. The van der Waals surface area contributed by atoms with Crippen molar-refractivity contribution in [3.05, 3.63) is 53.6 Å². The van der Waals surface area contributed by atoms with Crippen LogP contribution in [-0.2, 0) is 22.6 Å². The van der Waals surface area contributed by atoms with Gasteiger partial charge in [-0.2, -0.15) is 0 Å². The quantitative estimate of drug-likeness (QED) is 0.744. The van der Waals surface area contributed by atoms with Gasteiger partial charge in [-0.3, -0.25) is 9.59 Å². The number of nitrogens with one attached hydrogen (secondary N) is 1. The third kappa shape index (κ3) is 4.93. The zero-order valence-electron chi connectivity index (χ0n) is 18.1. The summed E-state index contributed by atoms with van der Waals surface area (Å²) < 4.78 is 11.2. The number of carbonyl (C=O) groups excluding carboxylic acids is 2. The van der Waals surface area contributed by atoms with Crippen LogP contribution < -0.4 is 14.8 Å². The maximum absolute atomic E-state index is 12.9. The lowest BCUT2D eigenvalue weighted by atomic mass is 10.1. The topological polar surface area (TPSA) is 67.9 Å². The first-order valence-corrected chi connectivity index (χ1v) is 10.5. The van der Waals surface area contributed by atoms with E-state index in [9.17, 15) is 9.59 Å². The summed E-state index contributed by atoms with van der Waals surface area (Å²) in [4.78, 5) is 27.3. The van der Waals surface area contributed by atoms with Gasteiger partial charge in [-0.15, -0.1) is 0 Å². The molecular formula is C24H30N2O4. The number of ether oxygens (including phenoxy) is 2. The van der Waals surface area contributed by atoms with Crippen molar-refractivity contribution < 1.29 is 19.1 Å². The summed E-state index contributed by atoms with van der Waals surface area (Å²) in [5.41, 5.74) is 2.51. The normalized spacial score (nSPS) is 16.9. The Morgan fingerprint density at radius 3 is 2.60 bits per heavy atom. The predicted molar refractivity (Wildman–Crippen MR) is 117 cm³/mol. The van der Waals surface area contributed by atoms with Gasteiger partial charge in [0, 0.05) is 23.8 Å². The average Bonchev–Trinajstić information content (AvgIpc) is 2.89. The fourth-order valence-corrected chi connectivity index (χ4v) is 3.53. The molecule has 1 N–H and O–H groups in total. The van der Waals surface area contributed by atoms with Crippen molar-refractivity contribution in [2.45, 2.75) is 58.7 Å². The molecule has 0 unspecified atom stereocenters. The average molecular weight is 411 g/mol. The monoisotopic (exact) mass is 410 g/mol. The molecule has 1 aliphatic heterocycles. The molecule has 160 valence electrons. The van der Waals surface area contributed by atoms with Gasteiger partial charge in [-0.1, -0.05) is 26.0 Å². The molecule has 0 saturated heterocycles. The van der Waals surface area contributed by atoms with E-state index in [1.807, 2.05) is 54.3 Å². The minimum Gasteiger partial charge on any atom is -0.497 e. The zero-order valence-corrected chi connectivity index (χ0v) is 18.1. The standard InChI is InChI=1S/C24H30N2O4/c1-5-16(3)26-15-18-14-19(9-12-22(18)30-21(6-2)24(26)28)25-23(27)13-17-7-10-20(29-4)11-8-17/h7-12,14,16,21H,5-6,13,15H2,1-4H3,(H,25,27)/t16-,21-/m0/s1. The number of hydrogen-bond donors (Lipinski definition) is 1. The number of rotatable bonds is 7. The molecule has 6 nitrogen and oxygen atoms in total. The van der Waals surface area contributed by atoms with Gasteiger partial charge in [-0.25, -0.2) is 0 Å². The van der Waals surface area contributed by atoms with E-state index >= 15 is 0 Å². The van der Waals surface area contributed by atoms with Crippen LogP contribution >= 0.6 is 0 Å². The van der Waals surface area contributed by atoms with Crippen LogP contribution in [0, 0.1) is 0 Å². The summed E-state index contributed by atoms with van der Waals surface area (Å²) in [6, 6.07) is 13.1. The molecule has 2 aromatic carbocycles. The molecule has 0 fully saturated rings. The molecule has 2 aromatic rings. The summed E-state index contributed by atoms with van der Waals surface area (Å²) in [5, 5.41) is 2.95. The largest absolute Gasteiger partial charge is 0.497 e. The Kier molecular flexibility index (Phi) is 6.98. The van der Waals surface area contributed by atoms with Crippen molar-refractivity contribution >= 4 is 17.5 Å². The van der Waals surface area contributed by atoms with E-state index in [4.69, 9.17) is 9.47 Å². The fourth-order valence-electron chi connectivity index (χ4n) is 3.53. The molecule has 3 rings (SSSR count). The zero-order chi connectivity index (χ0) is 21.7. The predicted octanol–water partition coefficient (Wildman–Crippen LogP) is 4.17. The molecule has 0 aromatic heterocycles. The van der Waals surface area contributed by atoms with E-state index in [-0.39, 0.29) is 24.3 Å². The molecule has 0 aliphatic carbocycles. The second kappa shape index (κ2) is 9.65. The van der Waals surface area contributed by atoms with E-state index in [1.54, 1.807) is 7.11 Å². The minimum atomic E-state index is -0.476. The maximum atomic E-state index is 12.9. The van der Waals surface area contributed by atoms with Gasteiger partial charge in [0.05, 0.1) is 13.5 Å². The summed E-state index contributed by atoms with van der Waals surface area (Å²) in [7, 11) is 1.61. The van der Waals surface area contributed by atoms with Gasteiger partial charge in [-0.05, 0) is 55.7 Å². The Labute approximate surface area is 178 Å². The van der Waals surface area contributed by atoms with E-state index < -0.39 is 6.10 Å². The minimum absolute atomic E-state index is 0.0214. The fraction of sp³-hybridized carbons (Fsp3) is 0.417. The number of benzene rings is 2. The van der Waals surface area contributed by atoms with Gasteiger partial charge in [0.2, 0.25) is 5.91 Å². The number of methoxy groups -OCH3 is 1. The molecule has 1 heterocycles. The van der Waals surface area contributed by atoms with Gasteiger partial charge in [0.1, 0.15) is 11.5 Å². The number of fused-ring (bicyclic) bond motifs is 1. The Hall–Kier alpha value is -3.02. The number of nitrogens with zero attached hydrogens (tertiary/aromatic N) is 1. The first-order valence-electron chi connectivity index (χ1n) is 10.5. The van der Waals surface area contributed by atoms with Crippen molar-refractivity contribution in [3.63, 3.8) is 0 Å². The Morgan fingerprint density at radius 1 is 1.23 bits per heavy atom. The molecule has 2 amide bonds. The van der Waals surface area contributed by atoms with Crippen molar-refractivity contribution in [2.24, 2.45) is 0 Å². The highest BCUT2D eigenvalue weighted by atomic mass is 16.5. The molecule has 2 atom stereocenters. The smallest absolute Gasteiger partial charge is 0.264 e. The highest BCUT2D eigenvalue weighted by Crippen LogP contribution is 2.30. The Bertz CT molecular complexity index is 895. The van der Waals surface area contributed by atoms with Crippen LogP contribution in [0.3, 0.4) is 0 Å². The van der Waals surface area contributed by atoms with Crippen LogP contribution in [0.1, 0.15) is 44.7 Å². The molecule has 30 heavy (non-hydrogen) atoms. The van der Waals surface area contributed by atoms with E-state index in [0.29, 0.717) is 24.4 Å². The number of amides is 2. The first-order chi connectivity index (χ1) is 14.4. The highest BCUT2D eigenvalue weighted by Gasteiger charge is 2.32. The van der Waals surface area contributed by atoms with Crippen molar-refractivity contribution in [1.82, 2.24) is 4.90 Å². The molecule has 0 radical (unpaired) electrons. The van der Waals surface area contributed by atoms with Crippen LogP contribution in [0.2, 0.25) is 0 Å². The van der Waals surface area contributed by atoms with Crippen molar-refractivity contribution in [1.29, 1.82) is 0 Å². The van der Waals surface area contributed by atoms with Crippen LogP contribution in [0.5, 0.6) is 11.5 Å². The van der Waals surface area contributed by atoms with Crippen LogP contribution in [-0.4, -0.2) is 36.0 Å².